The molecule has 1 N–H and O–H groups in total. The molecule has 0 spiro atoms. The van der Waals surface area contributed by atoms with E-state index in [9.17, 15) is 0 Å². The zero-order chi connectivity index (χ0) is 14.2. The van der Waals surface area contributed by atoms with Crippen LogP contribution in [-0.2, 0) is 6.42 Å². The average Bonchev–Trinajstić information content (AvgIpc) is 2.52. The highest BCUT2D eigenvalue weighted by Gasteiger charge is 2.04. The summed E-state index contributed by atoms with van der Waals surface area (Å²) in [7, 11) is 2.05. The van der Waals surface area contributed by atoms with Crippen LogP contribution in [0, 0.1) is 0 Å². The van der Waals surface area contributed by atoms with Crippen LogP contribution in [0.1, 0.15) is 18.9 Å². The highest BCUT2D eigenvalue weighted by Crippen LogP contribution is 2.11. The lowest BCUT2D eigenvalue weighted by atomic mass is 10.2. The van der Waals surface area contributed by atoms with Gasteiger partial charge in [-0.15, -0.1) is 0 Å². The maximum atomic E-state index is 4.51. The third-order valence-corrected chi connectivity index (χ3v) is 3.05. The Hall–Kier alpha value is -2.17. The zero-order valence-corrected chi connectivity index (χ0v) is 12.1. The highest BCUT2D eigenvalue weighted by atomic mass is 15.2. The van der Waals surface area contributed by atoms with Crippen molar-refractivity contribution in [3.63, 3.8) is 0 Å². The van der Waals surface area contributed by atoms with Gasteiger partial charge in [0.15, 0.2) is 0 Å². The molecule has 5 nitrogen and oxygen atoms in total. The van der Waals surface area contributed by atoms with Crippen molar-refractivity contribution in [2.75, 3.05) is 30.4 Å². The van der Waals surface area contributed by atoms with E-state index in [1.165, 1.54) is 5.56 Å². The van der Waals surface area contributed by atoms with Crippen LogP contribution in [0.4, 0.5) is 11.8 Å². The van der Waals surface area contributed by atoms with Gasteiger partial charge < -0.3 is 10.2 Å². The summed E-state index contributed by atoms with van der Waals surface area (Å²) in [6.45, 7) is 3.93. The van der Waals surface area contributed by atoms with Crippen LogP contribution in [0.25, 0.3) is 0 Å². The average molecular weight is 271 g/mol. The van der Waals surface area contributed by atoms with E-state index < -0.39 is 0 Å². The lowest BCUT2D eigenvalue weighted by molar-refractivity contribution is 0.852. The first-order chi connectivity index (χ1) is 9.79. The minimum absolute atomic E-state index is 0.695. The van der Waals surface area contributed by atoms with Crippen molar-refractivity contribution < 1.29 is 0 Å². The van der Waals surface area contributed by atoms with Crippen molar-refractivity contribution in [2.45, 2.75) is 19.8 Å². The maximum absolute atomic E-state index is 4.51. The van der Waals surface area contributed by atoms with Crippen LogP contribution in [0.3, 0.4) is 0 Å². The van der Waals surface area contributed by atoms with Crippen LogP contribution >= 0.6 is 0 Å². The minimum atomic E-state index is 0.695. The van der Waals surface area contributed by atoms with E-state index in [4.69, 9.17) is 0 Å². The number of likely N-dealkylation sites (N-methyl/N-ethyl adjacent to an activating group) is 1. The largest absolute Gasteiger partial charge is 0.359 e. The Morgan fingerprint density at radius 1 is 1.15 bits per heavy atom. The molecule has 2 aromatic rings. The molecule has 0 aliphatic carbocycles. The number of hydrogen-bond donors (Lipinski definition) is 1. The van der Waals surface area contributed by atoms with Gasteiger partial charge in [-0.2, -0.15) is 4.98 Å². The number of nitrogens with one attached hydrogen (secondary N) is 1. The molecule has 0 aromatic carbocycles. The lowest BCUT2D eigenvalue weighted by Crippen LogP contribution is -2.22. The smallest absolute Gasteiger partial charge is 0.224 e. The SMILES string of the molecule is CCCNc1nccc(N(C)CCc2ccncc2)n1. The molecule has 0 aliphatic heterocycles. The van der Waals surface area contributed by atoms with Gasteiger partial charge in [0.2, 0.25) is 5.95 Å². The molecule has 20 heavy (non-hydrogen) atoms. The summed E-state index contributed by atoms with van der Waals surface area (Å²) < 4.78 is 0. The summed E-state index contributed by atoms with van der Waals surface area (Å²) in [5, 5.41) is 3.21. The monoisotopic (exact) mass is 271 g/mol. The molecule has 0 amide bonds. The summed E-state index contributed by atoms with van der Waals surface area (Å²) in [6.07, 6.45) is 7.48. The van der Waals surface area contributed by atoms with E-state index in [0.29, 0.717) is 5.95 Å². The van der Waals surface area contributed by atoms with Gasteiger partial charge in [0.1, 0.15) is 5.82 Å². The van der Waals surface area contributed by atoms with E-state index >= 15 is 0 Å². The molecule has 0 bridgehead atoms. The summed E-state index contributed by atoms with van der Waals surface area (Å²) in [6, 6.07) is 6.02. The van der Waals surface area contributed by atoms with E-state index in [2.05, 4.69) is 32.1 Å². The third kappa shape index (κ3) is 4.19. The fourth-order valence-electron chi connectivity index (χ4n) is 1.84. The number of pyridine rings is 1. The quantitative estimate of drug-likeness (QED) is 0.838. The standard InChI is InChI=1S/C15H21N5/c1-3-8-17-15-18-11-6-14(19-15)20(2)12-7-13-4-9-16-10-5-13/h4-6,9-11H,3,7-8,12H2,1-2H3,(H,17,18,19). The van der Waals surface area contributed by atoms with Crippen LogP contribution in [0.5, 0.6) is 0 Å². The molecule has 0 fully saturated rings. The second-order valence-electron chi connectivity index (χ2n) is 4.69. The van der Waals surface area contributed by atoms with Crippen molar-refractivity contribution in [3.8, 4) is 0 Å². The Labute approximate surface area is 120 Å². The molecule has 0 radical (unpaired) electrons. The maximum Gasteiger partial charge on any atom is 0.224 e. The van der Waals surface area contributed by atoms with Crippen molar-refractivity contribution in [3.05, 3.63) is 42.4 Å². The topological polar surface area (TPSA) is 53.9 Å². The van der Waals surface area contributed by atoms with Gasteiger partial charge in [0, 0.05) is 38.7 Å². The van der Waals surface area contributed by atoms with Gasteiger partial charge in [0.25, 0.3) is 0 Å². The van der Waals surface area contributed by atoms with Crippen LogP contribution in [0.15, 0.2) is 36.8 Å². The number of anilines is 2. The number of nitrogens with zero attached hydrogens (tertiary/aromatic N) is 4. The van der Waals surface area contributed by atoms with Crippen LogP contribution in [0.2, 0.25) is 0 Å². The first-order valence-corrected chi connectivity index (χ1v) is 6.96. The molecular weight excluding hydrogens is 250 g/mol. The normalized spacial score (nSPS) is 10.3. The van der Waals surface area contributed by atoms with Gasteiger partial charge in [-0.25, -0.2) is 4.98 Å². The minimum Gasteiger partial charge on any atom is -0.359 e. The van der Waals surface area contributed by atoms with Gasteiger partial charge >= 0.3 is 0 Å². The summed E-state index contributed by atoms with van der Waals surface area (Å²) in [5.74, 6) is 1.63. The molecule has 2 heterocycles. The molecule has 2 rings (SSSR count). The van der Waals surface area contributed by atoms with E-state index in [-0.39, 0.29) is 0 Å². The third-order valence-electron chi connectivity index (χ3n) is 3.05. The van der Waals surface area contributed by atoms with E-state index in [1.807, 2.05) is 37.6 Å². The van der Waals surface area contributed by atoms with Crippen molar-refractivity contribution >= 4 is 11.8 Å². The van der Waals surface area contributed by atoms with Crippen LogP contribution in [-0.4, -0.2) is 35.1 Å². The Balaban J connectivity index is 1.93. The Bertz CT molecular complexity index is 515. The summed E-state index contributed by atoms with van der Waals surface area (Å²) >= 11 is 0. The molecule has 106 valence electrons. The number of rotatable bonds is 7. The predicted octanol–water partition coefficient (Wildman–Crippen LogP) is 2.37. The molecule has 0 aliphatic rings. The van der Waals surface area contributed by atoms with Gasteiger partial charge in [-0.1, -0.05) is 6.92 Å². The fraction of sp³-hybridized carbons (Fsp3) is 0.400. The summed E-state index contributed by atoms with van der Waals surface area (Å²) in [4.78, 5) is 14.9. The van der Waals surface area contributed by atoms with Crippen molar-refractivity contribution in [1.29, 1.82) is 0 Å². The van der Waals surface area contributed by atoms with Gasteiger partial charge in [0.05, 0.1) is 0 Å². The Kier molecular flexibility index (Phi) is 5.29. The molecule has 0 unspecified atom stereocenters. The number of aromatic nitrogens is 3. The summed E-state index contributed by atoms with van der Waals surface area (Å²) in [5.41, 5.74) is 1.28. The van der Waals surface area contributed by atoms with Gasteiger partial charge in [-0.05, 0) is 36.6 Å². The molecule has 0 saturated heterocycles. The molecule has 0 saturated carbocycles. The van der Waals surface area contributed by atoms with E-state index in [1.54, 1.807) is 6.20 Å². The molecule has 5 heteroatoms. The van der Waals surface area contributed by atoms with Gasteiger partial charge in [-0.3, -0.25) is 4.98 Å². The highest BCUT2D eigenvalue weighted by molar-refractivity contribution is 5.41. The molecule has 2 aromatic heterocycles. The first-order valence-electron chi connectivity index (χ1n) is 6.96. The number of hydrogen-bond acceptors (Lipinski definition) is 5. The Morgan fingerprint density at radius 2 is 1.95 bits per heavy atom. The van der Waals surface area contributed by atoms with Crippen LogP contribution < -0.4 is 10.2 Å². The fourth-order valence-corrected chi connectivity index (χ4v) is 1.84. The van der Waals surface area contributed by atoms with Crippen molar-refractivity contribution in [1.82, 2.24) is 15.0 Å². The zero-order valence-electron chi connectivity index (χ0n) is 12.1. The first kappa shape index (κ1) is 14.2. The lowest BCUT2D eigenvalue weighted by Gasteiger charge is -2.18. The molecule has 0 atom stereocenters. The van der Waals surface area contributed by atoms with E-state index in [0.717, 1.165) is 31.7 Å². The second-order valence-corrected chi connectivity index (χ2v) is 4.69. The Morgan fingerprint density at radius 3 is 2.70 bits per heavy atom. The second kappa shape index (κ2) is 7.43. The molecular formula is C15H21N5. The van der Waals surface area contributed by atoms with Crippen molar-refractivity contribution in [2.24, 2.45) is 0 Å². The predicted molar refractivity (Wildman–Crippen MR) is 82.0 cm³/mol.